The molecule has 1 amide bonds. The van der Waals surface area contributed by atoms with Crippen molar-refractivity contribution in [1.82, 2.24) is 10.2 Å². The molecule has 1 fully saturated rings. The van der Waals surface area contributed by atoms with Crippen LogP contribution in [-0.2, 0) is 0 Å². The van der Waals surface area contributed by atoms with Gasteiger partial charge in [-0.2, -0.15) is 0 Å². The first kappa shape index (κ1) is 20.9. The molecule has 2 aromatic rings. The topological polar surface area (TPSA) is 50.8 Å². The highest BCUT2D eigenvalue weighted by molar-refractivity contribution is 5.94. The molecule has 154 valence electrons. The van der Waals surface area contributed by atoms with E-state index in [1.807, 2.05) is 24.3 Å². The number of piperidine rings is 1. The van der Waals surface area contributed by atoms with E-state index in [1.165, 1.54) is 24.8 Å². The van der Waals surface area contributed by atoms with Crippen LogP contribution < -0.4 is 14.8 Å². The lowest BCUT2D eigenvalue weighted by Crippen LogP contribution is -2.40. The van der Waals surface area contributed by atoms with Gasteiger partial charge in [0, 0.05) is 12.1 Å². The summed E-state index contributed by atoms with van der Waals surface area (Å²) in [6.07, 6.45) is 5.37. The van der Waals surface area contributed by atoms with Crippen LogP contribution in [0.4, 0.5) is 0 Å². The van der Waals surface area contributed by atoms with Crippen LogP contribution in [0.2, 0.25) is 0 Å². The number of nitrogens with zero attached hydrogens (tertiary/aromatic N) is 1. The van der Waals surface area contributed by atoms with Crippen molar-refractivity contribution in [3.63, 3.8) is 0 Å². The van der Waals surface area contributed by atoms with Crippen molar-refractivity contribution < 1.29 is 14.3 Å². The van der Waals surface area contributed by atoms with Gasteiger partial charge in [0.15, 0.2) is 0 Å². The predicted octanol–water partition coefficient (Wildman–Crippen LogP) is 4.22. The normalized spacial score (nSPS) is 15.3. The van der Waals surface area contributed by atoms with Crippen LogP contribution in [0.1, 0.15) is 41.2 Å². The number of nitrogens with one attached hydrogen (secondary N) is 1. The second-order valence-corrected chi connectivity index (χ2v) is 7.22. The van der Waals surface area contributed by atoms with Crippen LogP contribution in [0, 0.1) is 0 Å². The van der Waals surface area contributed by atoms with Gasteiger partial charge in [-0.05, 0) is 67.9 Å². The second-order valence-electron chi connectivity index (χ2n) is 7.22. The average Bonchev–Trinajstić information content (AvgIpc) is 2.79. The third kappa shape index (κ3) is 5.84. The first-order chi connectivity index (χ1) is 14.2. The molecule has 1 heterocycles. The van der Waals surface area contributed by atoms with Crippen LogP contribution in [0.15, 0.2) is 61.2 Å². The molecule has 0 spiro atoms. The number of hydrogen-bond donors (Lipinski definition) is 1. The standard InChI is InChI=1S/C24H30N2O3/c1-3-17-29-22-13-9-20(10-14-22)24(27)25-18-23(26-15-5-4-6-16-26)19-7-11-21(28-2)12-8-19/h3,7-14,23H,1,4-6,15-18H2,2H3,(H,25,27)/t23-/m1/s1. The van der Waals surface area contributed by atoms with E-state index in [4.69, 9.17) is 9.47 Å². The van der Waals surface area contributed by atoms with Crippen LogP contribution in [0.5, 0.6) is 11.5 Å². The summed E-state index contributed by atoms with van der Waals surface area (Å²) in [7, 11) is 1.67. The Morgan fingerprint density at radius 3 is 2.34 bits per heavy atom. The quantitative estimate of drug-likeness (QED) is 0.647. The van der Waals surface area contributed by atoms with Gasteiger partial charge in [-0.1, -0.05) is 31.2 Å². The van der Waals surface area contributed by atoms with Gasteiger partial charge in [-0.3, -0.25) is 9.69 Å². The maximum Gasteiger partial charge on any atom is 0.251 e. The van der Waals surface area contributed by atoms with Crippen molar-refractivity contribution in [2.75, 3.05) is 33.4 Å². The van der Waals surface area contributed by atoms with Crippen molar-refractivity contribution in [2.45, 2.75) is 25.3 Å². The summed E-state index contributed by atoms with van der Waals surface area (Å²) in [5.41, 5.74) is 1.82. The molecule has 1 atom stereocenters. The fourth-order valence-electron chi connectivity index (χ4n) is 3.66. The highest BCUT2D eigenvalue weighted by atomic mass is 16.5. The third-order valence-electron chi connectivity index (χ3n) is 5.27. The number of amides is 1. The van der Waals surface area contributed by atoms with E-state index in [9.17, 15) is 4.79 Å². The Morgan fingerprint density at radius 2 is 1.72 bits per heavy atom. The first-order valence-corrected chi connectivity index (χ1v) is 10.2. The van der Waals surface area contributed by atoms with E-state index < -0.39 is 0 Å². The summed E-state index contributed by atoms with van der Waals surface area (Å²) in [5, 5.41) is 3.12. The summed E-state index contributed by atoms with van der Waals surface area (Å²) >= 11 is 0. The van der Waals surface area contributed by atoms with E-state index in [0.717, 1.165) is 24.6 Å². The number of ether oxygens (including phenoxy) is 2. The Bertz CT molecular complexity index is 781. The molecule has 0 radical (unpaired) electrons. The van der Waals surface area contributed by atoms with Gasteiger partial charge < -0.3 is 14.8 Å². The molecule has 0 bridgehead atoms. The SMILES string of the molecule is C=CCOc1ccc(C(=O)NC[C@H](c2ccc(OC)cc2)N2CCCCC2)cc1. The fourth-order valence-corrected chi connectivity index (χ4v) is 3.66. The number of benzene rings is 2. The van der Waals surface area contributed by atoms with E-state index >= 15 is 0 Å². The molecule has 1 saturated heterocycles. The maximum atomic E-state index is 12.7. The van der Waals surface area contributed by atoms with E-state index in [-0.39, 0.29) is 11.9 Å². The van der Waals surface area contributed by atoms with Crippen LogP contribution >= 0.6 is 0 Å². The average molecular weight is 395 g/mol. The van der Waals surface area contributed by atoms with Gasteiger partial charge in [-0.15, -0.1) is 0 Å². The monoisotopic (exact) mass is 394 g/mol. The summed E-state index contributed by atoms with van der Waals surface area (Å²) < 4.78 is 10.8. The Labute approximate surface area is 173 Å². The Kier molecular flexibility index (Phi) is 7.70. The molecule has 1 aliphatic rings. The lowest BCUT2D eigenvalue weighted by Gasteiger charge is -2.35. The zero-order valence-electron chi connectivity index (χ0n) is 17.1. The van der Waals surface area contributed by atoms with Crippen molar-refractivity contribution in [3.8, 4) is 11.5 Å². The Morgan fingerprint density at radius 1 is 1.07 bits per heavy atom. The van der Waals surface area contributed by atoms with Crippen molar-refractivity contribution in [3.05, 3.63) is 72.3 Å². The lowest BCUT2D eigenvalue weighted by atomic mass is 10.0. The molecule has 1 N–H and O–H groups in total. The molecule has 0 unspecified atom stereocenters. The van der Waals surface area contributed by atoms with E-state index in [0.29, 0.717) is 18.7 Å². The van der Waals surface area contributed by atoms with Gasteiger partial charge in [0.2, 0.25) is 0 Å². The molecule has 0 saturated carbocycles. The zero-order valence-corrected chi connectivity index (χ0v) is 17.1. The number of carbonyl (C=O) groups is 1. The number of carbonyl (C=O) groups excluding carboxylic acids is 1. The van der Waals surface area contributed by atoms with Crippen molar-refractivity contribution in [1.29, 1.82) is 0 Å². The zero-order chi connectivity index (χ0) is 20.5. The van der Waals surface area contributed by atoms with Gasteiger partial charge in [0.05, 0.1) is 13.2 Å². The molecule has 0 aromatic heterocycles. The highest BCUT2D eigenvalue weighted by Crippen LogP contribution is 2.26. The maximum absolute atomic E-state index is 12.7. The predicted molar refractivity (Wildman–Crippen MR) is 116 cm³/mol. The molecular formula is C24H30N2O3. The molecule has 5 heteroatoms. The van der Waals surface area contributed by atoms with Crippen LogP contribution in [0.25, 0.3) is 0 Å². The molecule has 0 aliphatic carbocycles. The molecular weight excluding hydrogens is 364 g/mol. The molecule has 3 rings (SSSR count). The summed E-state index contributed by atoms with van der Waals surface area (Å²) in [5.74, 6) is 1.50. The minimum absolute atomic E-state index is 0.0733. The number of rotatable bonds is 9. The van der Waals surface area contributed by atoms with Gasteiger partial charge >= 0.3 is 0 Å². The van der Waals surface area contributed by atoms with Crippen LogP contribution in [-0.4, -0.2) is 44.2 Å². The van der Waals surface area contributed by atoms with Gasteiger partial charge in [0.1, 0.15) is 18.1 Å². The van der Waals surface area contributed by atoms with E-state index in [2.05, 4.69) is 28.9 Å². The number of methoxy groups -OCH3 is 1. The second kappa shape index (κ2) is 10.7. The molecule has 2 aromatic carbocycles. The third-order valence-corrected chi connectivity index (χ3v) is 5.27. The largest absolute Gasteiger partial charge is 0.497 e. The summed E-state index contributed by atoms with van der Waals surface area (Å²) in [6.45, 7) is 6.77. The smallest absolute Gasteiger partial charge is 0.251 e. The van der Waals surface area contributed by atoms with Gasteiger partial charge in [0.25, 0.3) is 5.91 Å². The van der Waals surface area contributed by atoms with Crippen LogP contribution in [0.3, 0.4) is 0 Å². The Hall–Kier alpha value is -2.79. The summed E-state index contributed by atoms with van der Waals surface area (Å²) in [6, 6.07) is 15.5. The first-order valence-electron chi connectivity index (χ1n) is 10.2. The number of likely N-dealkylation sites (tertiary alicyclic amines) is 1. The fraction of sp³-hybridized carbons (Fsp3) is 0.375. The molecule has 29 heavy (non-hydrogen) atoms. The molecule has 1 aliphatic heterocycles. The highest BCUT2D eigenvalue weighted by Gasteiger charge is 2.23. The molecule has 5 nitrogen and oxygen atoms in total. The minimum Gasteiger partial charge on any atom is -0.497 e. The van der Waals surface area contributed by atoms with Crippen molar-refractivity contribution in [2.24, 2.45) is 0 Å². The number of hydrogen-bond acceptors (Lipinski definition) is 4. The summed E-state index contributed by atoms with van der Waals surface area (Å²) in [4.78, 5) is 15.2. The lowest BCUT2D eigenvalue weighted by molar-refractivity contribution is 0.0924. The van der Waals surface area contributed by atoms with E-state index in [1.54, 1.807) is 25.3 Å². The minimum atomic E-state index is -0.0733. The Balaban J connectivity index is 1.66. The van der Waals surface area contributed by atoms with Gasteiger partial charge in [-0.25, -0.2) is 0 Å². The van der Waals surface area contributed by atoms with Crippen molar-refractivity contribution >= 4 is 5.91 Å².